The standard InChI is InChI=1S/C18H21N3O3S/c1-12-3-5-13(6-4-12)14-9-16(22)21-18(15(14)10-19)25-11-17(23)20-7-8-24-2/h3-6,14H,7-9,11H2,1-2H3,(H,20,23)(H,21,22)/t14-/m0/s1. The summed E-state index contributed by atoms with van der Waals surface area (Å²) in [5.74, 6) is -0.464. The van der Waals surface area contributed by atoms with E-state index < -0.39 is 0 Å². The largest absolute Gasteiger partial charge is 0.383 e. The summed E-state index contributed by atoms with van der Waals surface area (Å²) in [5, 5.41) is 15.5. The van der Waals surface area contributed by atoms with Crippen LogP contribution in [0.4, 0.5) is 0 Å². The lowest BCUT2D eigenvalue weighted by atomic mass is 9.87. The van der Waals surface area contributed by atoms with Gasteiger partial charge in [-0.15, -0.1) is 0 Å². The third-order valence-electron chi connectivity index (χ3n) is 3.81. The van der Waals surface area contributed by atoms with Crippen molar-refractivity contribution in [2.75, 3.05) is 26.0 Å². The highest BCUT2D eigenvalue weighted by Crippen LogP contribution is 2.35. The maximum absolute atomic E-state index is 12.1. The molecule has 0 bridgehead atoms. The van der Waals surface area contributed by atoms with Gasteiger partial charge >= 0.3 is 0 Å². The van der Waals surface area contributed by atoms with Crippen LogP contribution >= 0.6 is 11.8 Å². The molecule has 2 amide bonds. The summed E-state index contributed by atoms with van der Waals surface area (Å²) in [4.78, 5) is 23.9. The van der Waals surface area contributed by atoms with Crippen LogP contribution in [0.5, 0.6) is 0 Å². The quantitative estimate of drug-likeness (QED) is 0.725. The predicted molar refractivity (Wildman–Crippen MR) is 96.7 cm³/mol. The van der Waals surface area contributed by atoms with Gasteiger partial charge in [0.05, 0.1) is 29.0 Å². The molecule has 2 N–H and O–H groups in total. The van der Waals surface area contributed by atoms with Crippen molar-refractivity contribution >= 4 is 23.6 Å². The summed E-state index contributed by atoms with van der Waals surface area (Å²) >= 11 is 1.17. The Bertz CT molecular complexity index is 707. The van der Waals surface area contributed by atoms with Gasteiger partial charge < -0.3 is 15.4 Å². The molecule has 25 heavy (non-hydrogen) atoms. The predicted octanol–water partition coefficient (Wildman–Crippen LogP) is 1.83. The average Bonchev–Trinajstić information content (AvgIpc) is 2.60. The minimum absolute atomic E-state index is 0.130. The van der Waals surface area contributed by atoms with Gasteiger partial charge in [-0.2, -0.15) is 5.26 Å². The van der Waals surface area contributed by atoms with Gasteiger partial charge in [-0.05, 0) is 12.5 Å². The zero-order valence-electron chi connectivity index (χ0n) is 14.3. The molecule has 6 nitrogen and oxygen atoms in total. The molecule has 1 aromatic rings. The average molecular weight is 359 g/mol. The van der Waals surface area contributed by atoms with E-state index in [1.54, 1.807) is 7.11 Å². The van der Waals surface area contributed by atoms with Crippen LogP contribution in [0.3, 0.4) is 0 Å². The second-order valence-corrected chi connectivity index (χ2v) is 6.69. The lowest BCUT2D eigenvalue weighted by Gasteiger charge is -2.25. The molecule has 1 heterocycles. The monoisotopic (exact) mass is 359 g/mol. The molecule has 1 atom stereocenters. The Morgan fingerprint density at radius 3 is 2.80 bits per heavy atom. The van der Waals surface area contributed by atoms with Gasteiger partial charge in [-0.3, -0.25) is 9.59 Å². The fourth-order valence-corrected chi connectivity index (χ4v) is 3.40. The van der Waals surface area contributed by atoms with Crippen LogP contribution in [0, 0.1) is 18.3 Å². The third-order valence-corrected chi connectivity index (χ3v) is 4.83. The van der Waals surface area contributed by atoms with Gasteiger partial charge in [0.25, 0.3) is 0 Å². The molecule has 7 heteroatoms. The number of allylic oxidation sites excluding steroid dienone is 1. The lowest BCUT2D eigenvalue weighted by molar-refractivity contribution is -0.121. The number of nitrogens with zero attached hydrogens (tertiary/aromatic N) is 1. The molecule has 0 aliphatic carbocycles. The number of thioether (sulfide) groups is 1. The maximum Gasteiger partial charge on any atom is 0.230 e. The Morgan fingerprint density at radius 2 is 2.16 bits per heavy atom. The summed E-state index contributed by atoms with van der Waals surface area (Å²) in [5.41, 5.74) is 2.55. The number of amides is 2. The zero-order chi connectivity index (χ0) is 18.2. The van der Waals surface area contributed by atoms with Gasteiger partial charge in [0.15, 0.2) is 0 Å². The van der Waals surface area contributed by atoms with E-state index in [2.05, 4.69) is 16.7 Å². The van der Waals surface area contributed by atoms with E-state index in [1.165, 1.54) is 11.8 Å². The maximum atomic E-state index is 12.1. The number of nitrogens with one attached hydrogen (secondary N) is 2. The van der Waals surface area contributed by atoms with Crippen molar-refractivity contribution in [2.24, 2.45) is 0 Å². The summed E-state index contributed by atoms with van der Waals surface area (Å²) in [6.45, 7) is 2.86. The van der Waals surface area contributed by atoms with E-state index in [-0.39, 0.29) is 29.9 Å². The highest BCUT2D eigenvalue weighted by Gasteiger charge is 2.29. The number of carbonyl (C=O) groups is 2. The topological polar surface area (TPSA) is 91.2 Å². The molecular weight excluding hydrogens is 338 g/mol. The van der Waals surface area contributed by atoms with Gasteiger partial charge in [0.1, 0.15) is 0 Å². The molecule has 0 spiro atoms. The highest BCUT2D eigenvalue weighted by atomic mass is 32.2. The van der Waals surface area contributed by atoms with Crippen LogP contribution in [0.25, 0.3) is 0 Å². The number of carbonyl (C=O) groups excluding carboxylic acids is 2. The van der Waals surface area contributed by atoms with Crippen LogP contribution in [-0.2, 0) is 14.3 Å². The fourth-order valence-electron chi connectivity index (χ4n) is 2.50. The molecule has 132 valence electrons. The molecule has 0 fully saturated rings. The Kier molecular flexibility index (Phi) is 7.04. The van der Waals surface area contributed by atoms with Crippen molar-refractivity contribution in [1.82, 2.24) is 10.6 Å². The molecule has 0 saturated carbocycles. The number of hydrogen-bond donors (Lipinski definition) is 2. The first-order valence-electron chi connectivity index (χ1n) is 7.94. The molecule has 1 aliphatic rings. The van der Waals surface area contributed by atoms with Crippen molar-refractivity contribution in [3.63, 3.8) is 0 Å². The number of aryl methyl sites for hydroxylation is 1. The van der Waals surface area contributed by atoms with E-state index in [1.807, 2.05) is 31.2 Å². The summed E-state index contributed by atoms with van der Waals surface area (Å²) in [6, 6.07) is 10.0. The number of benzene rings is 1. The van der Waals surface area contributed by atoms with Gasteiger partial charge in [-0.25, -0.2) is 0 Å². The number of ether oxygens (including phenoxy) is 1. The van der Waals surface area contributed by atoms with Gasteiger partial charge in [0, 0.05) is 26.0 Å². The second kappa shape index (κ2) is 9.25. The molecule has 0 saturated heterocycles. The van der Waals surface area contributed by atoms with Crippen LogP contribution < -0.4 is 10.6 Å². The molecule has 0 unspecified atom stereocenters. The summed E-state index contributed by atoms with van der Waals surface area (Å²) in [6.07, 6.45) is 0.232. The first kappa shape index (κ1) is 19.0. The smallest absolute Gasteiger partial charge is 0.230 e. The van der Waals surface area contributed by atoms with E-state index in [4.69, 9.17) is 4.74 Å². The number of hydrogen-bond acceptors (Lipinski definition) is 5. The first-order chi connectivity index (χ1) is 12.0. The molecule has 0 radical (unpaired) electrons. The SMILES string of the molecule is COCCNC(=O)CSC1=C(C#N)[C@H](c2ccc(C)cc2)CC(=O)N1. The van der Waals surface area contributed by atoms with Crippen LogP contribution in [0.15, 0.2) is 34.9 Å². The van der Waals surface area contributed by atoms with E-state index >= 15 is 0 Å². The van der Waals surface area contributed by atoms with E-state index in [9.17, 15) is 14.9 Å². The number of nitriles is 1. The number of rotatable bonds is 7. The summed E-state index contributed by atoms with van der Waals surface area (Å²) < 4.78 is 4.88. The van der Waals surface area contributed by atoms with Crippen LogP contribution in [0.2, 0.25) is 0 Å². The minimum atomic E-state index is -0.279. The molecule has 1 aliphatic heterocycles. The van der Waals surface area contributed by atoms with Gasteiger partial charge in [-0.1, -0.05) is 41.6 Å². The fraction of sp³-hybridized carbons (Fsp3) is 0.389. The Hall–Kier alpha value is -2.30. The van der Waals surface area contributed by atoms with Gasteiger partial charge in [0.2, 0.25) is 11.8 Å². The van der Waals surface area contributed by atoms with E-state index in [0.717, 1.165) is 11.1 Å². The zero-order valence-corrected chi connectivity index (χ0v) is 15.1. The van der Waals surface area contributed by atoms with Crippen molar-refractivity contribution in [3.8, 4) is 6.07 Å². The van der Waals surface area contributed by atoms with Crippen LogP contribution in [-0.4, -0.2) is 37.8 Å². The Balaban J connectivity index is 2.13. The minimum Gasteiger partial charge on any atom is -0.383 e. The number of methoxy groups -OCH3 is 1. The highest BCUT2D eigenvalue weighted by molar-refractivity contribution is 8.03. The molecular formula is C18H21N3O3S. The van der Waals surface area contributed by atoms with Crippen LogP contribution in [0.1, 0.15) is 23.5 Å². The third kappa shape index (κ3) is 5.34. The Labute approximate surface area is 151 Å². The van der Waals surface area contributed by atoms with Crippen molar-refractivity contribution in [2.45, 2.75) is 19.3 Å². The summed E-state index contributed by atoms with van der Waals surface area (Å²) in [7, 11) is 1.56. The van der Waals surface area contributed by atoms with E-state index in [0.29, 0.717) is 23.8 Å². The molecule has 2 rings (SSSR count). The first-order valence-corrected chi connectivity index (χ1v) is 8.92. The normalized spacial score (nSPS) is 17.0. The molecule has 0 aromatic heterocycles. The second-order valence-electron chi connectivity index (χ2n) is 5.70. The Morgan fingerprint density at radius 1 is 1.44 bits per heavy atom. The van der Waals surface area contributed by atoms with Crippen molar-refractivity contribution in [1.29, 1.82) is 5.26 Å². The molecule has 1 aromatic carbocycles. The lowest BCUT2D eigenvalue weighted by Crippen LogP contribution is -2.33. The van der Waals surface area contributed by atoms with Crippen molar-refractivity contribution in [3.05, 3.63) is 46.0 Å². The van der Waals surface area contributed by atoms with Crippen molar-refractivity contribution < 1.29 is 14.3 Å².